The molecule has 0 amide bonds. The van der Waals surface area contributed by atoms with Crippen molar-refractivity contribution in [3.63, 3.8) is 0 Å². The molecule has 0 aliphatic rings. The van der Waals surface area contributed by atoms with Gasteiger partial charge in [-0.3, -0.25) is 20.2 Å². The molecule has 10 heterocycles. The fraction of sp³-hybridized carbons (Fsp3) is 0.233. The van der Waals surface area contributed by atoms with Gasteiger partial charge in [-0.05, 0) is 207 Å². The van der Waals surface area contributed by atoms with Crippen LogP contribution in [0.3, 0.4) is 0 Å². The largest absolute Gasteiger partial charge is 0.391 e. The summed E-state index contributed by atoms with van der Waals surface area (Å²) in [5.74, 6) is 0. The minimum Gasteiger partial charge on any atom is -0.391 e. The first-order chi connectivity index (χ1) is 46.4. The number of aliphatic hydroxyl groups excluding tert-OH is 1. The minimum absolute atomic E-state index is 0.105. The van der Waals surface area contributed by atoms with Gasteiger partial charge < -0.3 is 5.11 Å². The van der Waals surface area contributed by atoms with Crippen LogP contribution >= 0.6 is 129 Å². The Balaban J connectivity index is 0.000000163. The van der Waals surface area contributed by atoms with Crippen LogP contribution in [0, 0.1) is 108 Å². The number of nitro groups is 2. The quantitative estimate of drug-likeness (QED) is 0.123. The van der Waals surface area contributed by atoms with Gasteiger partial charge in [0.15, 0.2) is 14.1 Å². The lowest BCUT2D eigenvalue weighted by Gasteiger charge is -1.96. The topological polar surface area (TPSA) is 195 Å². The van der Waals surface area contributed by atoms with E-state index in [4.69, 9.17) is 55.5 Å². The SMILES string of the molecule is CC.CC#N.C[N+](=O)[O-].C[N+](=O)[O-].Cc1ccc(-c2nc3c(C)ccc(C)c3s2)s1.Cc1ccc(C)c2sc(-c3ccc(Br)s3)nc12.Cc1ccc(C)c2sc(-c3ccc(CO)s3)nc12.Cc1ccc(C)c2sc(-c3cccs3)nc12.Cc1ccc(C)c2sc(-c3ccsc3)nc12. The monoisotopic (exact) mass is 1540 g/mol. The Bertz CT molecular complexity index is 4680. The maximum absolute atomic E-state index is 9.12. The smallest absolute Gasteiger partial charge is 0.194 e. The third kappa shape index (κ3) is 20.5. The van der Waals surface area contributed by atoms with Gasteiger partial charge in [-0.1, -0.05) is 80.6 Å². The summed E-state index contributed by atoms with van der Waals surface area (Å²) >= 11 is 21.0. The predicted molar refractivity (Wildman–Crippen MR) is 429 cm³/mol. The Hall–Kier alpha value is -7.22. The van der Waals surface area contributed by atoms with E-state index in [1.165, 1.54) is 111 Å². The summed E-state index contributed by atoms with van der Waals surface area (Å²) < 4.78 is 7.70. The molecule has 13 nitrogen and oxygen atoms in total. The molecular weight excluding hydrogens is 1470 g/mol. The van der Waals surface area contributed by atoms with Gasteiger partial charge in [0.25, 0.3) is 0 Å². The third-order valence-corrected chi connectivity index (χ3v) is 25.9. The molecule has 0 fully saturated rings. The number of aryl methyl sites for hydroxylation is 11. The van der Waals surface area contributed by atoms with Crippen molar-refractivity contribution in [3.8, 4) is 56.2 Å². The van der Waals surface area contributed by atoms with Gasteiger partial charge in [-0.15, -0.1) is 102 Å². The van der Waals surface area contributed by atoms with Crippen molar-refractivity contribution in [1.29, 1.82) is 5.26 Å². The maximum Gasteiger partial charge on any atom is 0.194 e. The number of thiazole rings is 5. The number of nitriles is 1. The van der Waals surface area contributed by atoms with Crippen molar-refractivity contribution in [2.45, 2.75) is 104 Å². The van der Waals surface area contributed by atoms with Gasteiger partial charge in [-0.2, -0.15) is 16.6 Å². The fourth-order valence-electron chi connectivity index (χ4n) is 9.18. The molecule has 1 N–H and O–H groups in total. The zero-order chi connectivity index (χ0) is 70.8. The van der Waals surface area contributed by atoms with E-state index >= 15 is 0 Å². The lowest BCUT2D eigenvalue weighted by atomic mass is 10.1. The lowest BCUT2D eigenvalue weighted by Crippen LogP contribution is -1.79. The highest BCUT2D eigenvalue weighted by Crippen LogP contribution is 2.42. The molecule has 0 bridgehead atoms. The van der Waals surface area contributed by atoms with Crippen LogP contribution in [0.5, 0.6) is 0 Å². The Kier molecular flexibility index (Phi) is 29.1. The van der Waals surface area contributed by atoms with Crippen molar-refractivity contribution in [1.82, 2.24) is 24.9 Å². The molecule has 0 unspecified atom stereocenters. The van der Waals surface area contributed by atoms with Gasteiger partial charge in [0.1, 0.15) is 25.0 Å². The van der Waals surface area contributed by atoms with Crippen molar-refractivity contribution >= 4 is 180 Å². The van der Waals surface area contributed by atoms with Crippen LogP contribution in [-0.2, 0) is 6.61 Å². The van der Waals surface area contributed by atoms with Gasteiger partial charge >= 0.3 is 0 Å². The highest BCUT2D eigenvalue weighted by molar-refractivity contribution is 9.11. The highest BCUT2D eigenvalue weighted by atomic mass is 79.9. The maximum atomic E-state index is 9.12. The van der Waals surface area contributed by atoms with Crippen molar-refractivity contribution < 1.29 is 15.0 Å². The van der Waals surface area contributed by atoms with Gasteiger partial charge in [0.2, 0.25) is 0 Å². The van der Waals surface area contributed by atoms with Gasteiger partial charge in [0.05, 0.1) is 87.1 Å². The number of benzene rings is 5. The Labute approximate surface area is 614 Å². The molecule has 24 heteroatoms. The van der Waals surface area contributed by atoms with Crippen molar-refractivity contribution in [2.24, 2.45) is 0 Å². The van der Waals surface area contributed by atoms with Crippen LogP contribution in [0.4, 0.5) is 0 Å². The number of halogens is 1. The molecule has 0 saturated heterocycles. The normalized spacial score (nSPS) is 10.4. The molecule has 0 atom stereocenters. The van der Waals surface area contributed by atoms with E-state index in [2.05, 4.69) is 211 Å². The fourth-order valence-corrected chi connectivity index (χ4v) is 19.5. The van der Waals surface area contributed by atoms with E-state index in [1.54, 1.807) is 108 Å². The number of aliphatic hydroxyl groups is 1. The van der Waals surface area contributed by atoms with Crippen LogP contribution in [0.15, 0.2) is 135 Å². The number of rotatable bonds is 6. The summed E-state index contributed by atoms with van der Waals surface area (Å²) in [5, 5.41) is 46.0. The molecule has 0 aliphatic heterocycles. The van der Waals surface area contributed by atoms with E-state index in [-0.39, 0.29) is 6.61 Å². The van der Waals surface area contributed by atoms with E-state index in [0.717, 1.165) is 80.3 Å². The highest BCUT2D eigenvalue weighted by Gasteiger charge is 2.16. The lowest BCUT2D eigenvalue weighted by molar-refractivity contribution is -0.445. The van der Waals surface area contributed by atoms with Crippen LogP contribution in [0.1, 0.15) is 86.2 Å². The first-order valence-corrected chi connectivity index (χ1v) is 39.4. The molecule has 0 radical (unpaired) electrons. The second-order valence-electron chi connectivity index (χ2n) is 21.5. The molecule has 15 rings (SSSR count). The Morgan fingerprint density at radius 1 is 0.433 bits per heavy atom. The minimum atomic E-state index is -0.500. The van der Waals surface area contributed by atoms with Crippen LogP contribution in [0.2, 0.25) is 0 Å². The number of fused-ring (bicyclic) bond motifs is 5. The van der Waals surface area contributed by atoms with E-state index in [1.807, 2.05) is 37.3 Å². The zero-order valence-corrected chi connectivity index (χ0v) is 66.3. The summed E-state index contributed by atoms with van der Waals surface area (Å²) in [7, 11) is 1.78. The Morgan fingerprint density at radius 2 is 0.753 bits per heavy atom. The molecule has 97 heavy (non-hydrogen) atoms. The summed E-state index contributed by atoms with van der Waals surface area (Å²) in [6.07, 6.45) is 0. The number of thiophene rings is 5. The average molecular weight is 1540 g/mol. The first kappa shape index (κ1) is 77.1. The standard InChI is InChI=1S/C14H13NOS2.C14H13NS2.C13H10BrNS2.2C13H11NS2.C2H3N.C2H6.2CH3NO2/c1-8-3-4-9(2)13-12(8)15-14(18-13)11-6-5-10(7-16)17-11;1-8-4-5-9(2)13-12(8)15-14(17-13)11-7-6-10(3)16-11;1-7-3-4-8(2)12-11(7)15-13(17-12)9-5-6-10(14)16-9;1-8-3-4-9(2)12-11(8)14-13(16-12)10-5-6-15-7-10;1-8-5-6-9(2)12-11(8)14-13(16-12)10-4-3-7-15-10;1-2-3;1-2;2*1-2(3)4/h3-6,16H,7H2,1-2H3;4-7H,1-3H3;3-6H,1-2H3;2*3-7H,1-2H3;1H3;1-2H3;2*1H3. The second kappa shape index (κ2) is 36.6. The van der Waals surface area contributed by atoms with Crippen molar-refractivity contribution in [3.05, 3.63) is 221 Å². The summed E-state index contributed by atoms with van der Waals surface area (Å²) in [6.45, 7) is 29.0. The number of hydrogen-bond donors (Lipinski definition) is 1. The average Bonchev–Trinajstić information content (AvgIpc) is 1.73. The van der Waals surface area contributed by atoms with Crippen LogP contribution < -0.4 is 0 Å². The molecular formula is C73H73BrN8O5S10. The zero-order valence-electron chi connectivity index (χ0n) is 56.5. The molecule has 0 aliphatic carbocycles. The second-order valence-corrected chi connectivity index (χ2v) is 33.2. The van der Waals surface area contributed by atoms with Gasteiger partial charge in [0, 0.05) is 37.5 Å². The summed E-state index contributed by atoms with van der Waals surface area (Å²) in [6, 6.07) is 42.2. The molecule has 15 aromatic rings. The summed E-state index contributed by atoms with van der Waals surface area (Å²) in [5.41, 5.74) is 19.8. The van der Waals surface area contributed by atoms with Crippen LogP contribution in [0.25, 0.3) is 101 Å². The van der Waals surface area contributed by atoms with E-state index in [0.29, 0.717) is 0 Å². The third-order valence-electron chi connectivity index (χ3n) is 14.0. The van der Waals surface area contributed by atoms with Gasteiger partial charge in [-0.25, -0.2) is 24.9 Å². The molecule has 10 aromatic heterocycles. The number of nitrogens with zero attached hydrogens (tertiary/aromatic N) is 8. The van der Waals surface area contributed by atoms with Crippen molar-refractivity contribution in [2.75, 3.05) is 14.1 Å². The number of aromatic nitrogens is 5. The molecule has 0 saturated carbocycles. The first-order valence-electron chi connectivity index (χ1n) is 30.3. The summed E-state index contributed by atoms with van der Waals surface area (Å²) in [4.78, 5) is 47.6. The van der Waals surface area contributed by atoms with Crippen LogP contribution in [-0.4, -0.2) is 54.0 Å². The Morgan fingerprint density at radius 3 is 1.04 bits per heavy atom. The predicted octanol–water partition coefficient (Wildman–Crippen LogP) is 25.1. The number of hydrogen-bond acceptors (Lipinski definition) is 21. The van der Waals surface area contributed by atoms with E-state index in [9.17, 15) is 0 Å². The molecule has 502 valence electrons. The molecule has 5 aromatic carbocycles. The molecule has 0 spiro atoms. The van der Waals surface area contributed by atoms with E-state index < -0.39 is 9.85 Å².